The van der Waals surface area contributed by atoms with Gasteiger partial charge in [-0.15, -0.1) is 11.3 Å². The van der Waals surface area contributed by atoms with Crippen molar-refractivity contribution in [3.63, 3.8) is 0 Å². The molecule has 0 spiro atoms. The molecule has 4 rings (SSSR count). The molecule has 0 atom stereocenters. The first-order chi connectivity index (χ1) is 14.3. The van der Waals surface area contributed by atoms with Crippen LogP contribution in [0.2, 0.25) is 5.02 Å². The molecule has 30 heavy (non-hydrogen) atoms. The minimum absolute atomic E-state index is 0.0555. The minimum Gasteiger partial charge on any atom is -0.249 e. The van der Waals surface area contributed by atoms with Crippen LogP contribution in [-0.4, -0.2) is 23.4 Å². The van der Waals surface area contributed by atoms with E-state index in [-0.39, 0.29) is 21.2 Å². The van der Waals surface area contributed by atoms with Crippen LogP contribution in [0.25, 0.3) is 22.2 Å². The molecule has 0 N–H and O–H groups in total. The van der Waals surface area contributed by atoms with Crippen molar-refractivity contribution in [1.82, 2.24) is 15.0 Å². The molecule has 0 fully saturated rings. The summed E-state index contributed by atoms with van der Waals surface area (Å²) >= 11 is 7.31. The maximum absolute atomic E-state index is 13.1. The normalized spacial score (nSPS) is 12.0. The van der Waals surface area contributed by atoms with Crippen molar-refractivity contribution >= 4 is 43.7 Å². The number of hydrogen-bond acceptors (Lipinski definition) is 6. The summed E-state index contributed by atoms with van der Waals surface area (Å²) in [7, 11) is -3.60. The largest absolute Gasteiger partial charge is 0.265 e. The zero-order valence-corrected chi connectivity index (χ0v) is 17.9. The molecule has 0 saturated heterocycles. The maximum atomic E-state index is 13.1. The lowest BCUT2D eigenvalue weighted by molar-refractivity contribution is 0.151. The summed E-state index contributed by atoms with van der Waals surface area (Å²) in [6.07, 6.45) is 0.184. The lowest BCUT2D eigenvalue weighted by Gasteiger charge is -2.12. The van der Waals surface area contributed by atoms with E-state index in [2.05, 4.69) is 15.0 Å². The Bertz CT molecular complexity index is 1340. The lowest BCUT2D eigenvalue weighted by atomic mass is 9.99. The van der Waals surface area contributed by atoms with Crippen molar-refractivity contribution < 1.29 is 17.2 Å². The quantitative estimate of drug-likeness (QED) is 0.382. The first-order valence-corrected chi connectivity index (χ1v) is 11.6. The van der Waals surface area contributed by atoms with Gasteiger partial charge in [-0.25, -0.2) is 32.2 Å². The highest BCUT2D eigenvalue weighted by molar-refractivity contribution is 7.90. The van der Waals surface area contributed by atoms with Crippen molar-refractivity contribution in [3.05, 3.63) is 69.4 Å². The number of aromatic nitrogens is 3. The maximum Gasteiger partial charge on any atom is 0.265 e. The van der Waals surface area contributed by atoms with Crippen LogP contribution in [0.1, 0.15) is 22.6 Å². The Kier molecular flexibility index (Phi) is 5.52. The van der Waals surface area contributed by atoms with E-state index in [4.69, 9.17) is 11.6 Å². The highest BCUT2D eigenvalue weighted by Crippen LogP contribution is 2.36. The molecule has 0 radical (unpaired) electrons. The third-order valence-electron chi connectivity index (χ3n) is 4.60. The number of hydrogen-bond donors (Lipinski definition) is 0. The second-order valence-corrected chi connectivity index (χ2v) is 9.95. The van der Waals surface area contributed by atoms with Crippen LogP contribution in [0.5, 0.6) is 0 Å². The van der Waals surface area contributed by atoms with Gasteiger partial charge in [-0.3, -0.25) is 0 Å². The molecule has 154 valence electrons. The van der Waals surface area contributed by atoms with Gasteiger partial charge in [0.2, 0.25) is 0 Å². The van der Waals surface area contributed by atoms with Crippen LogP contribution in [0.15, 0.2) is 53.1 Å². The Labute approximate surface area is 180 Å². The number of nitrogens with zero attached hydrogens (tertiary/aromatic N) is 3. The zero-order chi connectivity index (χ0) is 21.5. The monoisotopic (exact) mass is 465 g/mol. The molecule has 0 bridgehead atoms. The Balaban J connectivity index is 1.80. The third kappa shape index (κ3) is 3.92. The number of thiazole rings is 1. The van der Waals surface area contributed by atoms with E-state index >= 15 is 0 Å². The van der Waals surface area contributed by atoms with E-state index < -0.39 is 16.3 Å². The molecule has 2 aromatic heterocycles. The fourth-order valence-corrected chi connectivity index (χ4v) is 5.66. The Morgan fingerprint density at radius 3 is 2.63 bits per heavy atom. The number of rotatable bonds is 5. The Morgan fingerprint density at radius 2 is 1.93 bits per heavy atom. The topological polar surface area (TPSA) is 72.8 Å². The summed E-state index contributed by atoms with van der Waals surface area (Å²) in [4.78, 5) is 12.6. The van der Waals surface area contributed by atoms with Gasteiger partial charge in [-0.1, -0.05) is 11.6 Å². The number of sulfone groups is 1. The molecule has 0 aliphatic heterocycles. The molecule has 0 saturated carbocycles. The highest BCUT2D eigenvalue weighted by atomic mass is 35.5. The highest BCUT2D eigenvalue weighted by Gasteiger charge is 2.20. The van der Waals surface area contributed by atoms with Crippen molar-refractivity contribution in [2.75, 3.05) is 0 Å². The van der Waals surface area contributed by atoms with Gasteiger partial charge in [0.15, 0.2) is 9.84 Å². The predicted molar refractivity (Wildman–Crippen MR) is 113 cm³/mol. The molecule has 5 nitrogen and oxygen atoms in total. The van der Waals surface area contributed by atoms with Crippen LogP contribution < -0.4 is 0 Å². The Hall–Kier alpha value is -2.49. The van der Waals surface area contributed by atoms with Gasteiger partial charge >= 0.3 is 0 Å². The molecule has 10 heteroatoms. The molecule has 0 amide bonds. The van der Waals surface area contributed by atoms with Gasteiger partial charge in [0.25, 0.3) is 6.43 Å². The summed E-state index contributed by atoms with van der Waals surface area (Å²) in [5.74, 6) is -0.197. The number of benzene rings is 2. The predicted octanol–water partition coefficient (Wildman–Crippen LogP) is 5.63. The molecular weight excluding hydrogens is 452 g/mol. The first kappa shape index (κ1) is 20.8. The van der Waals surface area contributed by atoms with Crippen molar-refractivity contribution in [3.8, 4) is 11.3 Å². The van der Waals surface area contributed by atoms with E-state index in [1.807, 2.05) is 0 Å². The average molecular weight is 466 g/mol. The molecule has 0 aliphatic rings. The van der Waals surface area contributed by atoms with Crippen LogP contribution in [0.3, 0.4) is 0 Å². The molecular formula is C20H14ClF2N3O2S2. The summed E-state index contributed by atoms with van der Waals surface area (Å²) in [5, 5.41) is 2.76. The average Bonchev–Trinajstić information content (AvgIpc) is 3.20. The van der Waals surface area contributed by atoms with Gasteiger partial charge in [0.1, 0.15) is 17.1 Å². The van der Waals surface area contributed by atoms with Crippen molar-refractivity contribution in [2.24, 2.45) is 0 Å². The van der Waals surface area contributed by atoms with E-state index in [1.165, 1.54) is 41.9 Å². The number of fused-ring (bicyclic) bond motifs is 1. The lowest BCUT2D eigenvalue weighted by Crippen LogP contribution is -2.05. The van der Waals surface area contributed by atoms with Crippen molar-refractivity contribution in [1.29, 1.82) is 0 Å². The minimum atomic E-state index is -3.60. The van der Waals surface area contributed by atoms with Gasteiger partial charge in [-0.05, 0) is 42.8 Å². The fraction of sp³-hybridized carbons (Fsp3) is 0.150. The van der Waals surface area contributed by atoms with Gasteiger partial charge in [-0.2, -0.15) is 0 Å². The second kappa shape index (κ2) is 7.98. The van der Waals surface area contributed by atoms with Crippen LogP contribution in [0, 0.1) is 6.92 Å². The second-order valence-electron chi connectivity index (χ2n) is 6.58. The Morgan fingerprint density at radius 1 is 1.13 bits per heavy atom. The van der Waals surface area contributed by atoms with E-state index in [0.717, 1.165) is 0 Å². The standard InChI is InChI=1S/C20H14ClF2N3O2S2/c1-11-6-15(20(22)23)16(21)8-14(11)19-13-3-2-12(7-17(13)25-10-26-19)30(27,28)9-18-24-4-5-29-18/h2-8,10,20H,9H2,1H3. The smallest absolute Gasteiger partial charge is 0.249 e. The van der Waals surface area contributed by atoms with E-state index in [0.29, 0.717) is 32.7 Å². The van der Waals surface area contributed by atoms with E-state index in [1.54, 1.807) is 24.6 Å². The van der Waals surface area contributed by atoms with Gasteiger partial charge in [0, 0.05) is 28.1 Å². The summed E-state index contributed by atoms with van der Waals surface area (Å²) in [6, 6.07) is 7.38. The van der Waals surface area contributed by atoms with E-state index in [9.17, 15) is 17.2 Å². The molecule has 4 aromatic rings. The molecule has 0 unspecified atom stereocenters. The van der Waals surface area contributed by atoms with Crippen LogP contribution >= 0.6 is 22.9 Å². The van der Waals surface area contributed by atoms with Gasteiger partial charge < -0.3 is 0 Å². The van der Waals surface area contributed by atoms with Crippen LogP contribution in [-0.2, 0) is 15.6 Å². The zero-order valence-electron chi connectivity index (χ0n) is 15.5. The third-order valence-corrected chi connectivity index (χ3v) is 7.51. The van der Waals surface area contributed by atoms with Gasteiger partial charge in [0.05, 0.1) is 21.1 Å². The number of aryl methyl sites for hydroxylation is 1. The summed E-state index contributed by atoms with van der Waals surface area (Å²) in [5.41, 5.74) is 1.83. The number of halogens is 3. The molecule has 2 heterocycles. The summed E-state index contributed by atoms with van der Waals surface area (Å²) < 4.78 is 51.7. The first-order valence-electron chi connectivity index (χ1n) is 8.71. The fourth-order valence-electron chi connectivity index (χ4n) is 3.14. The number of alkyl halides is 2. The molecule has 0 aliphatic carbocycles. The van der Waals surface area contributed by atoms with Crippen molar-refractivity contribution in [2.45, 2.75) is 24.0 Å². The van der Waals surface area contributed by atoms with Crippen LogP contribution in [0.4, 0.5) is 8.78 Å². The summed E-state index contributed by atoms with van der Waals surface area (Å²) in [6.45, 7) is 1.69. The molecule has 2 aromatic carbocycles. The SMILES string of the molecule is Cc1cc(C(F)F)c(Cl)cc1-c1ncnc2cc(S(=O)(=O)Cc3nccs3)ccc12.